The van der Waals surface area contributed by atoms with Crippen molar-refractivity contribution in [3.8, 4) is 0 Å². The summed E-state index contributed by atoms with van der Waals surface area (Å²) in [4.78, 5) is 47.2. The van der Waals surface area contributed by atoms with E-state index in [1.807, 2.05) is 6.92 Å². The molecule has 0 saturated heterocycles. The summed E-state index contributed by atoms with van der Waals surface area (Å²) in [6.45, 7) is 3.40. The summed E-state index contributed by atoms with van der Waals surface area (Å²) in [5, 5.41) is 23.1. The van der Waals surface area contributed by atoms with Crippen LogP contribution in [0.25, 0.3) is 21.9 Å². The van der Waals surface area contributed by atoms with E-state index in [-0.39, 0.29) is 5.56 Å². The van der Waals surface area contributed by atoms with E-state index in [0.717, 1.165) is 10.9 Å². The summed E-state index contributed by atoms with van der Waals surface area (Å²) in [6, 6.07) is 1.79. The SMILES string of the molecule is Cc1coc2c(C)c3oc(=O)c(CC(=O)N(CC(=O)[O-])CC(=O)[O-])c(C)c3cc12. The summed E-state index contributed by atoms with van der Waals surface area (Å²) in [6.07, 6.45) is 1.07. The number of nitrogens with zero attached hydrogens (tertiary/aromatic N) is 1. The van der Waals surface area contributed by atoms with Crippen molar-refractivity contribution < 1.29 is 33.4 Å². The Balaban J connectivity index is 2.09. The van der Waals surface area contributed by atoms with Crippen molar-refractivity contribution in [1.29, 1.82) is 0 Å². The fourth-order valence-electron chi connectivity index (χ4n) is 3.33. The molecule has 3 rings (SSSR count). The Morgan fingerprint density at radius 3 is 2.17 bits per heavy atom. The molecule has 9 nitrogen and oxygen atoms in total. The fraction of sp³-hybridized carbons (Fsp3) is 0.300. The first-order chi connectivity index (χ1) is 13.6. The maximum Gasteiger partial charge on any atom is 0.340 e. The van der Waals surface area contributed by atoms with Gasteiger partial charge in [-0.25, -0.2) is 4.79 Å². The van der Waals surface area contributed by atoms with Crippen molar-refractivity contribution >= 4 is 39.8 Å². The van der Waals surface area contributed by atoms with Gasteiger partial charge in [0, 0.05) is 16.3 Å². The average molecular weight is 399 g/mol. The van der Waals surface area contributed by atoms with Gasteiger partial charge in [0.1, 0.15) is 11.2 Å². The summed E-state index contributed by atoms with van der Waals surface area (Å²) in [5.41, 5.74) is 2.18. The second-order valence-electron chi connectivity index (χ2n) is 6.84. The minimum Gasteiger partial charge on any atom is -0.548 e. The smallest absolute Gasteiger partial charge is 0.340 e. The van der Waals surface area contributed by atoms with Crippen molar-refractivity contribution in [2.24, 2.45) is 0 Å². The highest BCUT2D eigenvalue weighted by Crippen LogP contribution is 2.32. The molecule has 29 heavy (non-hydrogen) atoms. The standard InChI is InChI=1S/C20H19NO8/c1-9-8-28-18-11(3)19-13(4-12(9)18)10(2)14(20(27)29-19)5-15(22)21(6-16(23)24)7-17(25)26/h4,8H,5-7H2,1-3H3,(H,23,24)(H,25,26)/p-2. The van der Waals surface area contributed by atoms with E-state index < -0.39 is 43.0 Å². The molecule has 0 fully saturated rings. The maximum absolute atomic E-state index is 12.5. The zero-order valence-electron chi connectivity index (χ0n) is 16.0. The van der Waals surface area contributed by atoms with Crippen LogP contribution in [0, 0.1) is 20.8 Å². The Hall–Kier alpha value is -3.62. The van der Waals surface area contributed by atoms with Crippen molar-refractivity contribution in [2.45, 2.75) is 27.2 Å². The van der Waals surface area contributed by atoms with Crippen molar-refractivity contribution in [2.75, 3.05) is 13.1 Å². The van der Waals surface area contributed by atoms with Gasteiger partial charge in [-0.2, -0.15) is 0 Å². The van der Waals surface area contributed by atoms with Gasteiger partial charge in [0.25, 0.3) is 0 Å². The third-order valence-electron chi connectivity index (χ3n) is 4.86. The Morgan fingerprint density at radius 1 is 0.966 bits per heavy atom. The molecule has 2 aromatic heterocycles. The number of hydrogen-bond donors (Lipinski definition) is 0. The topological polar surface area (TPSA) is 144 Å². The van der Waals surface area contributed by atoms with Gasteiger partial charge >= 0.3 is 5.63 Å². The van der Waals surface area contributed by atoms with Crippen molar-refractivity contribution in [1.82, 2.24) is 4.90 Å². The number of rotatable bonds is 6. The van der Waals surface area contributed by atoms with E-state index in [0.29, 0.717) is 32.6 Å². The van der Waals surface area contributed by atoms with E-state index in [4.69, 9.17) is 8.83 Å². The predicted octanol–water partition coefficient (Wildman–Crippen LogP) is -0.665. The van der Waals surface area contributed by atoms with Crippen LogP contribution in [0.15, 0.2) is 26.0 Å². The second kappa shape index (κ2) is 7.42. The van der Waals surface area contributed by atoms with Gasteiger partial charge in [-0.1, -0.05) is 0 Å². The Bertz CT molecular complexity index is 1200. The van der Waals surface area contributed by atoms with Gasteiger partial charge in [0.2, 0.25) is 5.91 Å². The number of aryl methyl sites for hydroxylation is 3. The lowest BCUT2D eigenvalue weighted by Crippen LogP contribution is -2.47. The molecule has 9 heteroatoms. The highest BCUT2D eigenvalue weighted by Gasteiger charge is 2.22. The largest absolute Gasteiger partial charge is 0.548 e. The molecular weight excluding hydrogens is 382 g/mol. The van der Waals surface area contributed by atoms with Crippen LogP contribution in [-0.2, 0) is 20.8 Å². The van der Waals surface area contributed by atoms with Gasteiger partial charge in [0.15, 0.2) is 0 Å². The number of aliphatic carboxylic acids is 2. The molecule has 0 aliphatic heterocycles. The van der Waals surface area contributed by atoms with E-state index in [1.165, 1.54) is 0 Å². The number of carbonyl (C=O) groups is 3. The van der Waals surface area contributed by atoms with Crippen molar-refractivity contribution in [3.63, 3.8) is 0 Å². The van der Waals surface area contributed by atoms with Gasteiger partial charge < -0.3 is 33.5 Å². The molecule has 0 spiro atoms. The van der Waals surface area contributed by atoms with Crippen LogP contribution < -0.4 is 15.8 Å². The van der Waals surface area contributed by atoms with E-state index in [1.54, 1.807) is 26.2 Å². The second-order valence-corrected chi connectivity index (χ2v) is 6.84. The number of hydrogen-bond acceptors (Lipinski definition) is 8. The number of furan rings is 1. The molecule has 0 N–H and O–H groups in total. The molecule has 0 atom stereocenters. The highest BCUT2D eigenvalue weighted by molar-refractivity contribution is 6.00. The molecule has 3 aromatic rings. The van der Waals surface area contributed by atoms with Crippen LogP contribution >= 0.6 is 0 Å². The third-order valence-corrected chi connectivity index (χ3v) is 4.86. The lowest BCUT2D eigenvalue weighted by atomic mass is 9.99. The molecule has 152 valence electrons. The quantitative estimate of drug-likeness (QED) is 0.497. The van der Waals surface area contributed by atoms with E-state index >= 15 is 0 Å². The molecule has 0 unspecified atom stereocenters. The summed E-state index contributed by atoms with van der Waals surface area (Å²) >= 11 is 0. The van der Waals surface area contributed by atoms with Gasteiger partial charge in [-0.15, -0.1) is 0 Å². The average Bonchev–Trinajstić information content (AvgIpc) is 2.99. The molecular formula is C20H17NO8-2. The van der Waals surface area contributed by atoms with Crippen LogP contribution in [0.4, 0.5) is 0 Å². The number of carboxylic acids is 2. The molecule has 0 aliphatic carbocycles. The lowest BCUT2D eigenvalue weighted by Gasteiger charge is -2.23. The third kappa shape index (κ3) is 3.71. The van der Waals surface area contributed by atoms with Crippen LogP contribution in [-0.4, -0.2) is 35.8 Å². The fourth-order valence-corrected chi connectivity index (χ4v) is 3.33. The minimum absolute atomic E-state index is 0.0177. The Kier molecular flexibility index (Phi) is 5.15. The molecule has 0 aliphatic rings. The van der Waals surface area contributed by atoms with Crippen LogP contribution in [0.3, 0.4) is 0 Å². The van der Waals surface area contributed by atoms with Crippen LogP contribution in [0.5, 0.6) is 0 Å². The molecule has 1 aromatic carbocycles. The van der Waals surface area contributed by atoms with E-state index in [9.17, 15) is 29.4 Å². The number of benzene rings is 1. The molecule has 0 saturated carbocycles. The first kappa shape index (κ1) is 20.1. The molecule has 0 bridgehead atoms. The molecule has 0 radical (unpaired) electrons. The number of amides is 1. The number of carboxylic acid groups (broad SMARTS) is 2. The van der Waals surface area contributed by atoms with Crippen molar-refractivity contribution in [3.05, 3.63) is 45.0 Å². The lowest BCUT2D eigenvalue weighted by molar-refractivity contribution is -0.309. The highest BCUT2D eigenvalue weighted by atomic mass is 16.4. The summed E-state index contributed by atoms with van der Waals surface area (Å²) in [5.74, 6) is -4.13. The Morgan fingerprint density at radius 2 is 1.59 bits per heavy atom. The van der Waals surface area contributed by atoms with Gasteiger partial charge in [0.05, 0.1) is 43.3 Å². The summed E-state index contributed by atoms with van der Waals surface area (Å²) in [7, 11) is 0. The Labute approximate surface area is 164 Å². The van der Waals surface area contributed by atoms with E-state index in [2.05, 4.69) is 0 Å². The minimum atomic E-state index is -1.63. The number of carbonyl (C=O) groups excluding carboxylic acids is 3. The maximum atomic E-state index is 12.5. The zero-order chi connectivity index (χ0) is 21.5. The molecule has 2 heterocycles. The first-order valence-corrected chi connectivity index (χ1v) is 8.71. The van der Waals surface area contributed by atoms with Gasteiger partial charge in [-0.05, 0) is 38.0 Å². The first-order valence-electron chi connectivity index (χ1n) is 8.71. The predicted molar refractivity (Wildman–Crippen MR) is 96.8 cm³/mol. The van der Waals surface area contributed by atoms with Crippen LogP contribution in [0.2, 0.25) is 0 Å². The van der Waals surface area contributed by atoms with Crippen LogP contribution in [0.1, 0.15) is 22.3 Å². The van der Waals surface area contributed by atoms with Gasteiger partial charge in [-0.3, -0.25) is 4.79 Å². The molecule has 1 amide bonds. The monoisotopic (exact) mass is 399 g/mol. The zero-order valence-corrected chi connectivity index (χ0v) is 16.0. The normalized spacial score (nSPS) is 11.1. The summed E-state index contributed by atoms with van der Waals surface area (Å²) < 4.78 is 10.9. The number of fused-ring (bicyclic) bond motifs is 2.